The summed E-state index contributed by atoms with van der Waals surface area (Å²) >= 11 is 11.0. The van der Waals surface area contributed by atoms with Gasteiger partial charge in [0, 0.05) is 23.9 Å². The summed E-state index contributed by atoms with van der Waals surface area (Å²) in [7, 11) is 0. The van der Waals surface area contributed by atoms with Crippen LogP contribution in [-0.2, 0) is 6.54 Å². The monoisotopic (exact) mass is 254 g/mol. The van der Waals surface area contributed by atoms with Crippen LogP contribution in [0.1, 0.15) is 13.3 Å². The van der Waals surface area contributed by atoms with Gasteiger partial charge >= 0.3 is 0 Å². The minimum absolute atomic E-state index is 0.395. The smallest absolute Gasteiger partial charge is 0.150 e. The van der Waals surface area contributed by atoms with E-state index in [-0.39, 0.29) is 0 Å². The molecule has 0 aliphatic heterocycles. The minimum Gasteiger partial charge on any atom is -0.272 e. The van der Waals surface area contributed by atoms with Crippen molar-refractivity contribution in [3.05, 3.63) is 28.3 Å². The van der Waals surface area contributed by atoms with Crippen LogP contribution in [0.15, 0.2) is 18.5 Å². The second-order valence-electron chi connectivity index (χ2n) is 3.43. The van der Waals surface area contributed by atoms with Crippen LogP contribution in [-0.4, -0.2) is 20.0 Å². The van der Waals surface area contributed by atoms with Crippen molar-refractivity contribution in [1.29, 1.82) is 0 Å². The Hall–Kier alpha value is -1.20. The molecule has 0 radical (unpaired) electrons. The zero-order chi connectivity index (χ0) is 11.5. The van der Waals surface area contributed by atoms with E-state index in [0.717, 1.165) is 24.1 Å². The van der Waals surface area contributed by atoms with Gasteiger partial charge in [-0.15, -0.1) is 0 Å². The van der Waals surface area contributed by atoms with Gasteiger partial charge in [0.25, 0.3) is 0 Å². The molecule has 0 spiro atoms. The predicted molar refractivity (Wildman–Crippen MR) is 65.9 cm³/mol. The van der Waals surface area contributed by atoms with Gasteiger partial charge in [0.05, 0.1) is 6.20 Å². The quantitative estimate of drug-likeness (QED) is 0.857. The Morgan fingerprint density at radius 2 is 2.38 bits per heavy atom. The summed E-state index contributed by atoms with van der Waals surface area (Å²) in [6.45, 7) is 3.01. The lowest BCUT2D eigenvalue weighted by Gasteiger charge is -1.98. The van der Waals surface area contributed by atoms with Gasteiger partial charge in [-0.2, -0.15) is 10.2 Å². The highest BCUT2D eigenvalue weighted by Crippen LogP contribution is 2.21. The van der Waals surface area contributed by atoms with Crippen LogP contribution in [0, 0.1) is 4.64 Å². The summed E-state index contributed by atoms with van der Waals surface area (Å²) in [5.74, 6) is 0. The number of halogens is 1. The first-order chi connectivity index (χ1) is 7.70. The van der Waals surface area contributed by atoms with Crippen LogP contribution < -0.4 is 0 Å². The lowest BCUT2D eigenvalue weighted by atomic mass is 10.2. The second kappa shape index (κ2) is 4.76. The lowest BCUT2D eigenvalue weighted by molar-refractivity contribution is 0.603. The molecule has 2 rings (SSSR count). The molecule has 0 aliphatic carbocycles. The van der Waals surface area contributed by atoms with Crippen molar-refractivity contribution in [1.82, 2.24) is 20.0 Å². The Balaban J connectivity index is 2.42. The highest BCUT2D eigenvalue weighted by atomic mass is 35.5. The van der Waals surface area contributed by atoms with Crippen molar-refractivity contribution in [2.45, 2.75) is 19.9 Å². The first kappa shape index (κ1) is 11.3. The molecule has 0 saturated carbocycles. The molecule has 1 N–H and O–H groups in total. The lowest BCUT2D eigenvalue weighted by Crippen LogP contribution is -1.95. The van der Waals surface area contributed by atoms with Gasteiger partial charge in [0.1, 0.15) is 9.79 Å². The predicted octanol–water partition coefficient (Wildman–Crippen LogP) is 3.07. The van der Waals surface area contributed by atoms with Crippen LogP contribution in [0.2, 0.25) is 5.15 Å². The topological polar surface area (TPSA) is 46.5 Å². The molecule has 0 fully saturated rings. The number of hydrogen-bond donors (Lipinski definition) is 1. The van der Waals surface area contributed by atoms with Crippen molar-refractivity contribution in [2.24, 2.45) is 0 Å². The molecule has 4 nitrogen and oxygen atoms in total. The van der Waals surface area contributed by atoms with Crippen LogP contribution >= 0.6 is 23.8 Å². The molecule has 0 saturated heterocycles. The fourth-order valence-electron chi connectivity index (χ4n) is 1.45. The van der Waals surface area contributed by atoms with Crippen LogP contribution in [0.5, 0.6) is 0 Å². The molecule has 16 heavy (non-hydrogen) atoms. The fourth-order valence-corrected chi connectivity index (χ4v) is 1.82. The second-order valence-corrected chi connectivity index (χ2v) is 4.22. The third-order valence-corrected chi connectivity index (χ3v) is 2.67. The van der Waals surface area contributed by atoms with E-state index >= 15 is 0 Å². The van der Waals surface area contributed by atoms with Gasteiger partial charge in [-0.05, 0) is 12.5 Å². The van der Waals surface area contributed by atoms with Crippen molar-refractivity contribution in [3.8, 4) is 11.1 Å². The molecule has 0 unspecified atom stereocenters. The molecule has 0 bridgehead atoms. The van der Waals surface area contributed by atoms with Crippen molar-refractivity contribution < 1.29 is 0 Å². The molecule has 0 aliphatic rings. The van der Waals surface area contributed by atoms with Gasteiger partial charge in [-0.3, -0.25) is 9.78 Å². The number of H-pyrrole nitrogens is 1. The highest BCUT2D eigenvalue weighted by molar-refractivity contribution is 7.71. The number of aromatic nitrogens is 4. The molecular formula is C10H11ClN4S. The summed E-state index contributed by atoms with van der Waals surface area (Å²) < 4.78 is 2.46. The Morgan fingerprint density at radius 1 is 1.56 bits per heavy atom. The minimum atomic E-state index is 0.395. The van der Waals surface area contributed by atoms with E-state index in [1.807, 2.05) is 10.9 Å². The van der Waals surface area contributed by atoms with Crippen molar-refractivity contribution >= 4 is 23.8 Å². The summed E-state index contributed by atoms with van der Waals surface area (Å²) in [6, 6.07) is 1.74. The molecule has 0 atom stereocenters. The SMILES string of the molecule is CCCn1cc(-c2cc(Cl)n[nH]c2=S)cn1. The van der Waals surface area contributed by atoms with E-state index in [1.54, 1.807) is 12.3 Å². The third kappa shape index (κ3) is 2.31. The number of hydrogen-bond acceptors (Lipinski definition) is 3. The Labute approximate surface area is 103 Å². The number of aromatic amines is 1. The van der Waals surface area contributed by atoms with Gasteiger partial charge in [0.2, 0.25) is 0 Å². The molecule has 2 aromatic heterocycles. The summed E-state index contributed by atoms with van der Waals surface area (Å²) in [5.41, 5.74) is 1.82. The molecule has 0 amide bonds. The van der Waals surface area contributed by atoms with E-state index in [1.165, 1.54) is 0 Å². The molecule has 2 heterocycles. The van der Waals surface area contributed by atoms with Gasteiger partial charge in [-0.25, -0.2) is 0 Å². The van der Waals surface area contributed by atoms with Crippen LogP contribution in [0.25, 0.3) is 11.1 Å². The number of rotatable bonds is 3. The zero-order valence-corrected chi connectivity index (χ0v) is 10.3. The van der Waals surface area contributed by atoms with Crippen LogP contribution in [0.3, 0.4) is 0 Å². The maximum absolute atomic E-state index is 5.82. The van der Waals surface area contributed by atoms with Gasteiger partial charge < -0.3 is 0 Å². The Kier molecular flexibility index (Phi) is 3.36. The molecular weight excluding hydrogens is 244 g/mol. The standard InChI is InChI=1S/C10H11ClN4S/c1-2-3-15-6-7(5-12-15)8-4-9(11)13-14-10(8)16/h4-6H,2-3H2,1H3,(H,14,16). The zero-order valence-electron chi connectivity index (χ0n) is 8.77. The highest BCUT2D eigenvalue weighted by Gasteiger charge is 2.05. The van der Waals surface area contributed by atoms with E-state index in [4.69, 9.17) is 23.8 Å². The van der Waals surface area contributed by atoms with Crippen molar-refractivity contribution in [2.75, 3.05) is 0 Å². The van der Waals surface area contributed by atoms with Crippen LogP contribution in [0.4, 0.5) is 0 Å². The van der Waals surface area contributed by atoms with E-state index < -0.39 is 0 Å². The van der Waals surface area contributed by atoms with Crippen molar-refractivity contribution in [3.63, 3.8) is 0 Å². The maximum Gasteiger partial charge on any atom is 0.150 e. The number of aryl methyl sites for hydroxylation is 1. The third-order valence-electron chi connectivity index (χ3n) is 2.17. The van der Waals surface area contributed by atoms with Gasteiger partial charge in [0.15, 0.2) is 0 Å². The summed E-state index contributed by atoms with van der Waals surface area (Å²) in [5, 5.41) is 11.2. The Bertz CT molecular complexity index is 546. The maximum atomic E-state index is 5.82. The van der Waals surface area contributed by atoms with Gasteiger partial charge in [-0.1, -0.05) is 30.7 Å². The Morgan fingerprint density at radius 3 is 3.12 bits per heavy atom. The average molecular weight is 255 g/mol. The van der Waals surface area contributed by atoms with E-state index in [0.29, 0.717) is 9.79 Å². The summed E-state index contributed by atoms with van der Waals surface area (Å²) in [6.07, 6.45) is 4.79. The first-order valence-corrected chi connectivity index (χ1v) is 5.77. The number of nitrogens with zero attached hydrogens (tertiary/aromatic N) is 3. The average Bonchev–Trinajstić information content (AvgIpc) is 2.71. The number of nitrogens with one attached hydrogen (secondary N) is 1. The normalized spacial score (nSPS) is 10.6. The largest absolute Gasteiger partial charge is 0.272 e. The molecule has 84 valence electrons. The molecule has 2 aromatic rings. The van der Waals surface area contributed by atoms with E-state index in [2.05, 4.69) is 22.2 Å². The van der Waals surface area contributed by atoms with E-state index in [9.17, 15) is 0 Å². The first-order valence-electron chi connectivity index (χ1n) is 4.98. The molecule has 0 aromatic carbocycles. The fraction of sp³-hybridized carbons (Fsp3) is 0.300. The molecule has 6 heteroatoms. The summed E-state index contributed by atoms with van der Waals surface area (Å²) in [4.78, 5) is 0.